The van der Waals surface area contributed by atoms with E-state index in [-0.39, 0.29) is 11.7 Å². The number of nitrogens with one attached hydrogen (secondary N) is 1. The second-order valence-electron chi connectivity index (χ2n) is 8.92. The topological polar surface area (TPSA) is 103 Å². The molecule has 7 nitrogen and oxygen atoms in total. The van der Waals surface area contributed by atoms with Gasteiger partial charge in [0.25, 0.3) is 5.91 Å². The van der Waals surface area contributed by atoms with E-state index in [0.717, 1.165) is 42.2 Å². The van der Waals surface area contributed by atoms with Crippen LogP contribution < -0.4 is 11.1 Å². The molecule has 0 spiro atoms. The number of carbonyl (C=O) groups excluding carboxylic acids is 2. The van der Waals surface area contributed by atoms with E-state index in [4.69, 9.17) is 5.73 Å². The summed E-state index contributed by atoms with van der Waals surface area (Å²) in [4.78, 5) is 25.9. The van der Waals surface area contributed by atoms with E-state index >= 15 is 0 Å². The summed E-state index contributed by atoms with van der Waals surface area (Å²) in [7, 11) is 1.97. The number of hydrogen-bond donors (Lipinski definition) is 2. The highest BCUT2D eigenvalue weighted by Crippen LogP contribution is 2.39. The lowest BCUT2D eigenvalue weighted by Crippen LogP contribution is -2.20. The molecule has 0 aromatic carbocycles. The largest absolute Gasteiger partial charge is 0.365 e. The molecule has 2 heterocycles. The molecule has 9 heteroatoms. The lowest BCUT2D eigenvalue weighted by Gasteiger charge is -2.20. The second-order valence-corrected chi connectivity index (χ2v) is 11.0. The fourth-order valence-electron chi connectivity index (χ4n) is 4.69. The van der Waals surface area contributed by atoms with Crippen LogP contribution in [-0.4, -0.2) is 32.3 Å². The number of thiophene rings is 1. The van der Waals surface area contributed by atoms with Gasteiger partial charge in [0.05, 0.1) is 11.3 Å². The quantitative estimate of drug-likeness (QED) is 0.608. The van der Waals surface area contributed by atoms with Gasteiger partial charge in [-0.05, 0) is 36.7 Å². The SMILES string of the molecule is CC1CCc2c(sc(NC(=O)CSc3nnc(CC4CCCCC4)n3C)c2C(N)=O)C1. The van der Waals surface area contributed by atoms with Gasteiger partial charge in [0.15, 0.2) is 5.16 Å². The summed E-state index contributed by atoms with van der Waals surface area (Å²) in [5, 5.41) is 12.9. The van der Waals surface area contributed by atoms with Gasteiger partial charge >= 0.3 is 0 Å². The maximum atomic E-state index is 12.6. The third-order valence-corrected chi connectivity index (χ3v) is 8.65. The van der Waals surface area contributed by atoms with E-state index in [2.05, 4.69) is 22.4 Å². The van der Waals surface area contributed by atoms with Crippen molar-refractivity contribution in [2.75, 3.05) is 11.1 Å². The first-order valence-corrected chi connectivity index (χ1v) is 13.0. The molecule has 0 saturated heterocycles. The lowest BCUT2D eigenvalue weighted by molar-refractivity contribution is -0.113. The first kappa shape index (κ1) is 22.3. The molecule has 2 aromatic heterocycles. The van der Waals surface area contributed by atoms with Crippen molar-refractivity contribution in [2.24, 2.45) is 24.6 Å². The van der Waals surface area contributed by atoms with Gasteiger partial charge in [-0.25, -0.2) is 0 Å². The molecule has 0 radical (unpaired) electrons. The number of primary amides is 1. The Balaban J connectivity index is 1.37. The number of thioether (sulfide) groups is 1. The molecule has 31 heavy (non-hydrogen) atoms. The van der Waals surface area contributed by atoms with Crippen molar-refractivity contribution in [1.29, 1.82) is 0 Å². The standard InChI is InChI=1S/C22H31N5O2S2/c1-13-8-9-15-16(10-13)31-21(19(15)20(23)29)24-18(28)12-30-22-26-25-17(27(22)2)11-14-6-4-3-5-7-14/h13-14H,3-12H2,1-2H3,(H2,23,29)(H,24,28). The fourth-order valence-corrected chi connectivity index (χ4v) is 6.85. The van der Waals surface area contributed by atoms with Gasteiger partial charge in [-0.3, -0.25) is 9.59 Å². The smallest absolute Gasteiger partial charge is 0.251 e. The van der Waals surface area contributed by atoms with Crippen LogP contribution in [0.1, 0.15) is 72.1 Å². The Kier molecular flexibility index (Phi) is 7.01. The van der Waals surface area contributed by atoms with Gasteiger partial charge in [-0.2, -0.15) is 0 Å². The summed E-state index contributed by atoms with van der Waals surface area (Å²) in [6, 6.07) is 0. The Hall–Kier alpha value is -1.87. The molecule has 168 valence electrons. The van der Waals surface area contributed by atoms with Crippen LogP contribution in [0.25, 0.3) is 0 Å². The molecule has 0 bridgehead atoms. The summed E-state index contributed by atoms with van der Waals surface area (Å²) in [6.07, 6.45) is 10.3. The van der Waals surface area contributed by atoms with Crippen molar-refractivity contribution in [2.45, 2.75) is 69.9 Å². The molecular weight excluding hydrogens is 430 g/mol. The van der Waals surface area contributed by atoms with Gasteiger partial charge in [0, 0.05) is 18.3 Å². The monoisotopic (exact) mass is 461 g/mol. The molecule has 1 unspecified atom stereocenters. The zero-order valence-corrected chi connectivity index (χ0v) is 19.9. The van der Waals surface area contributed by atoms with E-state index in [1.165, 1.54) is 60.1 Å². The molecule has 2 aromatic rings. The number of rotatable bonds is 7. The van der Waals surface area contributed by atoms with Crippen molar-refractivity contribution in [3.63, 3.8) is 0 Å². The van der Waals surface area contributed by atoms with Crippen molar-refractivity contribution >= 4 is 39.9 Å². The zero-order valence-electron chi connectivity index (χ0n) is 18.3. The van der Waals surface area contributed by atoms with E-state index in [9.17, 15) is 9.59 Å². The molecule has 2 aliphatic carbocycles. The van der Waals surface area contributed by atoms with Crippen LogP contribution in [0.5, 0.6) is 0 Å². The predicted octanol–water partition coefficient (Wildman–Crippen LogP) is 3.95. The second kappa shape index (κ2) is 9.73. The minimum Gasteiger partial charge on any atom is -0.365 e. The maximum absolute atomic E-state index is 12.6. The molecule has 4 rings (SSSR count). The molecular formula is C22H31N5O2S2. The van der Waals surface area contributed by atoms with Crippen LogP contribution >= 0.6 is 23.1 Å². The number of aromatic nitrogens is 3. The molecule has 2 aliphatic rings. The number of carbonyl (C=O) groups is 2. The van der Waals surface area contributed by atoms with Gasteiger partial charge in [0.2, 0.25) is 5.91 Å². The van der Waals surface area contributed by atoms with Crippen LogP contribution in [0.4, 0.5) is 5.00 Å². The summed E-state index contributed by atoms with van der Waals surface area (Å²) in [5.74, 6) is 1.87. The normalized spacial score (nSPS) is 19.2. The molecule has 0 aliphatic heterocycles. The average molecular weight is 462 g/mol. The first-order valence-electron chi connectivity index (χ1n) is 11.2. The summed E-state index contributed by atoms with van der Waals surface area (Å²) in [6.45, 7) is 2.21. The molecule has 1 saturated carbocycles. The highest BCUT2D eigenvalue weighted by Gasteiger charge is 2.27. The Morgan fingerprint density at radius 2 is 2.00 bits per heavy atom. The van der Waals surface area contributed by atoms with Crippen molar-refractivity contribution in [3.8, 4) is 0 Å². The lowest BCUT2D eigenvalue weighted by atomic mass is 9.87. The van der Waals surface area contributed by atoms with E-state index in [0.29, 0.717) is 22.4 Å². The number of amides is 2. The van der Waals surface area contributed by atoms with Gasteiger partial charge < -0.3 is 15.6 Å². The van der Waals surface area contributed by atoms with Crippen LogP contribution in [-0.2, 0) is 31.1 Å². The van der Waals surface area contributed by atoms with E-state index in [1.54, 1.807) is 0 Å². The van der Waals surface area contributed by atoms with Crippen molar-refractivity contribution in [3.05, 3.63) is 21.8 Å². The highest BCUT2D eigenvalue weighted by atomic mass is 32.2. The van der Waals surface area contributed by atoms with E-state index < -0.39 is 5.91 Å². The third kappa shape index (κ3) is 5.14. The van der Waals surface area contributed by atoms with Crippen molar-refractivity contribution in [1.82, 2.24) is 14.8 Å². The number of fused-ring (bicyclic) bond motifs is 1. The Morgan fingerprint density at radius 1 is 1.23 bits per heavy atom. The molecule has 2 amide bonds. The van der Waals surface area contributed by atoms with Gasteiger partial charge in [-0.1, -0.05) is 50.8 Å². The zero-order chi connectivity index (χ0) is 22.0. The van der Waals surface area contributed by atoms with Gasteiger partial charge in [-0.15, -0.1) is 21.5 Å². The number of nitrogens with two attached hydrogens (primary N) is 1. The fraction of sp³-hybridized carbons (Fsp3) is 0.636. The Bertz CT molecular complexity index is 962. The predicted molar refractivity (Wildman–Crippen MR) is 125 cm³/mol. The van der Waals surface area contributed by atoms with E-state index in [1.807, 2.05) is 11.6 Å². The minimum atomic E-state index is -0.462. The Labute approximate surface area is 191 Å². The average Bonchev–Trinajstić information content (AvgIpc) is 3.26. The van der Waals surface area contributed by atoms with Crippen LogP contribution in [0.3, 0.4) is 0 Å². The Morgan fingerprint density at radius 3 is 2.74 bits per heavy atom. The molecule has 1 atom stereocenters. The van der Waals surface area contributed by atoms with Crippen LogP contribution in [0, 0.1) is 11.8 Å². The summed E-state index contributed by atoms with van der Waals surface area (Å²) < 4.78 is 2.01. The van der Waals surface area contributed by atoms with Gasteiger partial charge in [0.1, 0.15) is 10.8 Å². The first-order chi connectivity index (χ1) is 14.9. The maximum Gasteiger partial charge on any atom is 0.251 e. The summed E-state index contributed by atoms with van der Waals surface area (Å²) in [5.41, 5.74) is 7.17. The van der Waals surface area contributed by atoms with Crippen LogP contribution in [0.15, 0.2) is 5.16 Å². The third-order valence-electron chi connectivity index (χ3n) is 6.46. The highest BCUT2D eigenvalue weighted by molar-refractivity contribution is 7.99. The number of hydrogen-bond acceptors (Lipinski definition) is 6. The van der Waals surface area contributed by atoms with Crippen LogP contribution in [0.2, 0.25) is 0 Å². The minimum absolute atomic E-state index is 0.157. The summed E-state index contributed by atoms with van der Waals surface area (Å²) >= 11 is 2.87. The molecule has 1 fully saturated rings. The number of nitrogens with zero attached hydrogens (tertiary/aromatic N) is 3. The number of anilines is 1. The van der Waals surface area contributed by atoms with Crippen molar-refractivity contribution < 1.29 is 9.59 Å². The molecule has 3 N–H and O–H groups in total.